The normalized spacial score (nSPS) is 5.20. The topological polar surface area (TPSA) is 50.4 Å². The summed E-state index contributed by atoms with van der Waals surface area (Å²) in [5.41, 5.74) is 0. The van der Waals surface area contributed by atoms with Crippen LogP contribution in [0, 0.1) is 226 Å². The third-order valence-corrected chi connectivity index (χ3v) is 0.819. The van der Waals surface area contributed by atoms with Crippen LogP contribution in [-0.4, -0.2) is 33.3 Å². The van der Waals surface area contributed by atoms with E-state index >= 15 is 0 Å². The molecule has 0 saturated carbocycles. The van der Waals surface area contributed by atoms with Gasteiger partial charge in [0.1, 0.15) is 0 Å². The second kappa shape index (κ2) is 37.2. The average molecular weight is 372 g/mol. The molecule has 0 heterocycles. The Kier molecular flexibility index (Phi) is 107. The van der Waals surface area contributed by atoms with Crippen LogP contribution < -0.4 is 10.6 Å². The van der Waals surface area contributed by atoms with Gasteiger partial charge in [0.2, 0.25) is 0 Å². The molecule has 0 saturated heterocycles. The van der Waals surface area contributed by atoms with Crippen LogP contribution in [0.25, 0.3) is 0 Å². The molecular formula is C5H12Ar6N2O2. The Hall–Kier alpha value is 6.79. The summed E-state index contributed by atoms with van der Waals surface area (Å²) in [7, 11) is 3.16. The zero-order valence-corrected chi connectivity index (χ0v) is 12.1. The van der Waals surface area contributed by atoms with Gasteiger partial charge in [0.05, 0.1) is 6.61 Å². The van der Waals surface area contributed by atoms with Gasteiger partial charge >= 0.3 is 6.03 Å². The van der Waals surface area contributed by atoms with Gasteiger partial charge in [-0.15, -0.1) is 0 Å². The second-order valence-electron chi connectivity index (χ2n) is 1.50. The number of methoxy groups -OCH3 is 1. The Morgan fingerprint density at radius 3 is 1.73 bits per heavy atom. The minimum absolute atomic E-state index is 0. The van der Waals surface area contributed by atoms with E-state index in [2.05, 4.69) is 10.6 Å². The van der Waals surface area contributed by atoms with Crippen molar-refractivity contribution in [3.8, 4) is 0 Å². The summed E-state index contributed by atoms with van der Waals surface area (Å²) in [6.45, 7) is 1.10. The standard InChI is InChI=1S/C5H12N2O2.6Ar/c1-6-5(8)7-3-4-9-2;;;;;;/h3-4H2,1-2H3,(H2,6,7,8);;;;;;. The molecule has 2 N–H and O–H groups in total. The summed E-state index contributed by atoms with van der Waals surface area (Å²) in [4.78, 5) is 10.4. The molecule has 0 fully saturated rings. The first-order valence-electron chi connectivity index (χ1n) is 2.75. The molecule has 2 amide bonds. The molecule has 0 spiro atoms. The van der Waals surface area contributed by atoms with E-state index in [9.17, 15) is 4.79 Å². The number of amides is 2. The van der Waals surface area contributed by atoms with Gasteiger partial charge in [0.15, 0.2) is 0 Å². The Morgan fingerprint density at radius 2 is 1.47 bits per heavy atom. The monoisotopic (exact) mass is 372 g/mol. The first-order chi connectivity index (χ1) is 4.31. The van der Waals surface area contributed by atoms with E-state index in [0.717, 1.165) is 0 Å². The smallest absolute Gasteiger partial charge is 0.314 e. The van der Waals surface area contributed by atoms with Crippen molar-refractivity contribution in [2.75, 3.05) is 27.3 Å². The van der Waals surface area contributed by atoms with Gasteiger partial charge in [-0.05, 0) is 0 Å². The zero-order chi connectivity index (χ0) is 7.11. The molecule has 10 heteroatoms. The van der Waals surface area contributed by atoms with E-state index < -0.39 is 0 Å². The van der Waals surface area contributed by atoms with E-state index in [0.29, 0.717) is 13.2 Å². The average Bonchev–Trinajstić information content (AvgIpc) is 1.89. The number of carbonyl (C=O) groups excluding carboxylic acids is 1. The van der Waals surface area contributed by atoms with Crippen molar-refractivity contribution >= 4 is 6.03 Å². The van der Waals surface area contributed by atoms with Crippen molar-refractivity contribution in [3.05, 3.63) is 0 Å². The van der Waals surface area contributed by atoms with Gasteiger partial charge in [-0.25, -0.2) is 4.79 Å². The number of urea groups is 1. The second-order valence-corrected chi connectivity index (χ2v) is 1.50. The summed E-state index contributed by atoms with van der Waals surface area (Å²) in [5, 5.41) is 4.98. The zero-order valence-electron chi connectivity index (χ0n) is 7.85. The van der Waals surface area contributed by atoms with Crippen molar-refractivity contribution < 1.29 is 236 Å². The van der Waals surface area contributed by atoms with Crippen LogP contribution in [-0.2, 0) is 4.74 Å². The number of carbonyl (C=O) groups is 1. The van der Waals surface area contributed by atoms with E-state index in [-0.39, 0.29) is 232 Å². The molecule has 4 nitrogen and oxygen atoms in total. The fourth-order valence-electron chi connectivity index (χ4n) is 0.355. The number of rotatable bonds is 3. The molecule has 0 unspecified atom stereocenters. The van der Waals surface area contributed by atoms with Crippen molar-refractivity contribution in [2.24, 2.45) is 0 Å². The SMILES string of the molecule is CNC(=O)NCCOC.[Ar].[Ar].[Ar].[Ar].[Ar].[Ar]. The van der Waals surface area contributed by atoms with Crippen LogP contribution in [0.2, 0.25) is 0 Å². The fourth-order valence-corrected chi connectivity index (χ4v) is 0.355. The molecule has 0 aliphatic rings. The largest absolute Gasteiger partial charge is 0.383 e. The van der Waals surface area contributed by atoms with Crippen LogP contribution in [0.4, 0.5) is 4.79 Å². The third-order valence-electron chi connectivity index (χ3n) is 0.819. The Bertz CT molecular complexity index is 99.6. The molecule has 0 atom stereocenters. The summed E-state index contributed by atoms with van der Waals surface area (Å²) < 4.78 is 4.69. The van der Waals surface area contributed by atoms with Crippen LogP contribution in [0.3, 0.4) is 0 Å². The van der Waals surface area contributed by atoms with Crippen molar-refractivity contribution in [2.45, 2.75) is 0 Å². The van der Waals surface area contributed by atoms with E-state index in [1.165, 1.54) is 0 Å². The van der Waals surface area contributed by atoms with Crippen LogP contribution in [0.1, 0.15) is 0 Å². The van der Waals surface area contributed by atoms with E-state index in [4.69, 9.17) is 4.74 Å². The first-order valence-corrected chi connectivity index (χ1v) is 2.75. The Labute approximate surface area is 271 Å². The maximum Gasteiger partial charge on any atom is 0.314 e. The molecular weight excluding hydrogens is 360 g/mol. The predicted molar refractivity (Wildman–Crippen MR) is 34.3 cm³/mol. The molecule has 0 radical (unpaired) electrons. The molecule has 0 bridgehead atoms. The van der Waals surface area contributed by atoms with Crippen molar-refractivity contribution in [1.82, 2.24) is 10.6 Å². The summed E-state index contributed by atoms with van der Waals surface area (Å²) in [5.74, 6) is 0. The molecule has 0 aliphatic heterocycles. The number of nitrogens with one attached hydrogen (secondary N) is 2. The van der Waals surface area contributed by atoms with Crippen molar-refractivity contribution in [1.29, 1.82) is 0 Å². The van der Waals surface area contributed by atoms with Gasteiger partial charge in [-0.2, -0.15) is 0 Å². The van der Waals surface area contributed by atoms with Gasteiger partial charge < -0.3 is 15.4 Å². The van der Waals surface area contributed by atoms with E-state index in [1.54, 1.807) is 14.2 Å². The predicted octanol–water partition coefficient (Wildman–Crippen LogP) is -0.438. The molecule has 102 valence electrons. The van der Waals surface area contributed by atoms with Gasteiger partial charge in [-0.1, -0.05) is 0 Å². The molecule has 0 rings (SSSR count). The number of ether oxygens (including phenoxy) is 1. The summed E-state index contributed by atoms with van der Waals surface area (Å²) in [6.07, 6.45) is 0. The Morgan fingerprint density at radius 1 is 1.07 bits per heavy atom. The minimum atomic E-state index is -0.174. The fraction of sp³-hybridized carbons (Fsp3) is 0.800. The molecule has 0 aromatic heterocycles. The van der Waals surface area contributed by atoms with Crippen LogP contribution >= 0.6 is 0 Å². The summed E-state index contributed by atoms with van der Waals surface area (Å²) in [6, 6.07) is -0.174. The maximum atomic E-state index is 10.4. The van der Waals surface area contributed by atoms with Crippen LogP contribution in [0.5, 0.6) is 0 Å². The van der Waals surface area contributed by atoms with E-state index in [1.807, 2.05) is 0 Å². The first kappa shape index (κ1) is 43.1. The third kappa shape index (κ3) is 38.6. The quantitative estimate of drug-likeness (QED) is 0.661. The van der Waals surface area contributed by atoms with Gasteiger partial charge in [-0.3, -0.25) is 0 Å². The minimum Gasteiger partial charge on any atom is -0.383 e. The molecule has 0 aromatic carbocycles. The number of hydrogen-bond acceptors (Lipinski definition) is 2. The maximum absolute atomic E-state index is 10.4. The van der Waals surface area contributed by atoms with Crippen molar-refractivity contribution in [3.63, 3.8) is 0 Å². The van der Waals surface area contributed by atoms with Gasteiger partial charge in [0.25, 0.3) is 0 Å². The molecule has 15 heavy (non-hydrogen) atoms. The Balaban J connectivity index is -0.0000000213. The van der Waals surface area contributed by atoms with Crippen LogP contribution in [0.15, 0.2) is 0 Å². The molecule has 0 aliphatic carbocycles. The van der Waals surface area contributed by atoms with Gasteiger partial charge in [0, 0.05) is 247 Å². The summed E-state index contributed by atoms with van der Waals surface area (Å²) >= 11 is 0. The number of hydrogen-bond donors (Lipinski definition) is 2. The molecule has 0 aromatic rings.